The lowest BCUT2D eigenvalue weighted by Gasteiger charge is -2.20. The van der Waals surface area contributed by atoms with Crippen LogP contribution in [0.3, 0.4) is 0 Å². The number of nitrogens with zero attached hydrogens (tertiary/aromatic N) is 3. The Morgan fingerprint density at radius 3 is 2.27 bits per heavy atom. The van der Waals surface area contributed by atoms with Gasteiger partial charge in [-0.2, -0.15) is 5.10 Å². The highest BCUT2D eigenvalue weighted by atomic mass is 16.6. The Morgan fingerprint density at radius 2 is 1.66 bits per heavy atom. The molecule has 0 spiro atoms. The fourth-order valence-corrected chi connectivity index (χ4v) is 4.38. The minimum Gasteiger partial charge on any atom is -0.464 e. The van der Waals surface area contributed by atoms with Crippen LogP contribution in [-0.4, -0.2) is 62.8 Å². The number of aromatic nitrogens is 3. The summed E-state index contributed by atoms with van der Waals surface area (Å²) >= 11 is 0. The summed E-state index contributed by atoms with van der Waals surface area (Å²) in [6.07, 6.45) is 2.80. The van der Waals surface area contributed by atoms with E-state index in [1.165, 1.54) is 10.9 Å². The minimum absolute atomic E-state index is 0.0244. The van der Waals surface area contributed by atoms with Gasteiger partial charge in [0.25, 0.3) is 11.8 Å². The average molecular weight is 610 g/mol. The monoisotopic (exact) mass is 609 g/mol. The highest BCUT2D eigenvalue weighted by molar-refractivity contribution is 5.95. The molecule has 12 heteroatoms. The maximum Gasteiger partial charge on any atom is 0.328 e. The molecule has 0 aliphatic rings. The number of carbonyl (C=O) groups excluding carboxylic acids is 4. The van der Waals surface area contributed by atoms with Gasteiger partial charge in [0.05, 0.1) is 18.5 Å². The number of benzene rings is 1. The molecule has 3 rings (SSSR count). The van der Waals surface area contributed by atoms with Gasteiger partial charge in [-0.15, -0.1) is 0 Å². The summed E-state index contributed by atoms with van der Waals surface area (Å²) in [4.78, 5) is 55.3. The Hall–Kier alpha value is -4.48. The van der Waals surface area contributed by atoms with E-state index in [4.69, 9.17) is 13.9 Å². The van der Waals surface area contributed by atoms with E-state index in [0.717, 1.165) is 12.8 Å². The number of amides is 2. The van der Waals surface area contributed by atoms with Gasteiger partial charge in [-0.25, -0.2) is 14.5 Å². The third-order valence-corrected chi connectivity index (χ3v) is 6.66. The maximum atomic E-state index is 13.2. The van der Waals surface area contributed by atoms with E-state index in [1.807, 2.05) is 13.8 Å². The van der Waals surface area contributed by atoms with Gasteiger partial charge in [0.2, 0.25) is 11.7 Å². The molecule has 238 valence electrons. The molecule has 0 bridgehead atoms. The second kappa shape index (κ2) is 14.8. The summed E-state index contributed by atoms with van der Waals surface area (Å²) in [5.41, 5.74) is 1.16. The fourth-order valence-electron chi connectivity index (χ4n) is 4.38. The van der Waals surface area contributed by atoms with Gasteiger partial charge >= 0.3 is 11.9 Å². The first-order valence-electron chi connectivity index (χ1n) is 14.9. The Kier molecular flexibility index (Phi) is 11.4. The molecule has 2 aromatic heterocycles. The van der Waals surface area contributed by atoms with Crippen LogP contribution in [-0.2, 0) is 25.6 Å². The number of rotatable bonds is 13. The molecule has 0 fully saturated rings. The van der Waals surface area contributed by atoms with Gasteiger partial charge in [-0.05, 0) is 64.7 Å². The lowest BCUT2D eigenvalue weighted by atomic mass is 10.0. The number of esters is 2. The molecule has 0 unspecified atom stereocenters. The third kappa shape index (κ3) is 9.01. The number of ether oxygens (including phenoxy) is 2. The summed E-state index contributed by atoms with van der Waals surface area (Å²) in [5.74, 6) is -2.08. The van der Waals surface area contributed by atoms with Crippen LogP contribution in [0, 0.1) is 5.92 Å². The molecule has 0 radical (unpaired) electrons. The van der Waals surface area contributed by atoms with Crippen LogP contribution in [0.25, 0.3) is 22.7 Å². The smallest absolute Gasteiger partial charge is 0.328 e. The molecule has 2 amide bonds. The molecule has 0 aliphatic heterocycles. The first-order chi connectivity index (χ1) is 20.8. The minimum atomic E-state index is -0.841. The van der Waals surface area contributed by atoms with Crippen LogP contribution in [0.2, 0.25) is 0 Å². The zero-order chi connectivity index (χ0) is 32.6. The number of oxazole rings is 1. The van der Waals surface area contributed by atoms with Crippen molar-refractivity contribution in [1.29, 1.82) is 0 Å². The lowest BCUT2D eigenvalue weighted by molar-refractivity contribution is -0.155. The predicted molar refractivity (Wildman–Crippen MR) is 164 cm³/mol. The van der Waals surface area contributed by atoms with Crippen molar-refractivity contribution in [2.75, 3.05) is 6.61 Å². The van der Waals surface area contributed by atoms with Crippen LogP contribution < -0.4 is 10.6 Å². The lowest BCUT2D eigenvalue weighted by Crippen LogP contribution is -2.45. The predicted octanol–water partition coefficient (Wildman–Crippen LogP) is 4.78. The van der Waals surface area contributed by atoms with E-state index in [-0.39, 0.29) is 48.4 Å². The Morgan fingerprint density at radius 1 is 0.977 bits per heavy atom. The molecule has 1 atom stereocenters. The normalized spacial score (nSPS) is 12.2. The van der Waals surface area contributed by atoms with E-state index in [2.05, 4.69) is 20.7 Å². The van der Waals surface area contributed by atoms with E-state index >= 15 is 0 Å². The third-order valence-electron chi connectivity index (χ3n) is 6.66. The summed E-state index contributed by atoms with van der Waals surface area (Å²) in [6.45, 7) is 14.5. The molecule has 12 nitrogen and oxygen atoms in total. The highest BCUT2D eigenvalue weighted by Gasteiger charge is 2.28. The molecule has 3 aromatic rings. The van der Waals surface area contributed by atoms with E-state index in [0.29, 0.717) is 16.8 Å². The zero-order valence-corrected chi connectivity index (χ0v) is 26.7. The molecule has 1 aromatic carbocycles. The van der Waals surface area contributed by atoms with Gasteiger partial charge in [-0.3, -0.25) is 14.4 Å². The number of carbonyl (C=O) groups is 4. The second-order valence-electron chi connectivity index (χ2n) is 11.7. The quantitative estimate of drug-likeness (QED) is 0.260. The van der Waals surface area contributed by atoms with Gasteiger partial charge < -0.3 is 24.5 Å². The van der Waals surface area contributed by atoms with Crippen molar-refractivity contribution < 1.29 is 33.1 Å². The van der Waals surface area contributed by atoms with Crippen LogP contribution in [0.15, 0.2) is 40.9 Å². The molecule has 0 saturated carbocycles. The summed E-state index contributed by atoms with van der Waals surface area (Å²) < 4.78 is 17.6. The molecule has 2 N–H and O–H groups in total. The maximum absolute atomic E-state index is 13.2. The Balaban J connectivity index is 1.90. The number of hydrogen-bond acceptors (Lipinski definition) is 9. The van der Waals surface area contributed by atoms with Crippen molar-refractivity contribution in [2.45, 2.75) is 92.5 Å². The zero-order valence-electron chi connectivity index (χ0n) is 26.7. The van der Waals surface area contributed by atoms with Crippen LogP contribution in [0.4, 0.5) is 0 Å². The topological polar surface area (TPSA) is 155 Å². The summed E-state index contributed by atoms with van der Waals surface area (Å²) in [6, 6.07) is 7.83. The molecular formula is C32H43N5O7. The van der Waals surface area contributed by atoms with Crippen LogP contribution in [0.5, 0.6) is 0 Å². The Bertz CT molecular complexity index is 1460. The molecular weight excluding hydrogens is 566 g/mol. The van der Waals surface area contributed by atoms with E-state index in [1.54, 1.807) is 71.9 Å². The van der Waals surface area contributed by atoms with Crippen molar-refractivity contribution in [3.05, 3.63) is 48.0 Å². The average Bonchev–Trinajstić information content (AvgIpc) is 3.61. The summed E-state index contributed by atoms with van der Waals surface area (Å²) in [7, 11) is 0. The fraction of sp³-hybridized carbons (Fsp3) is 0.500. The highest BCUT2D eigenvalue weighted by Crippen LogP contribution is 2.27. The van der Waals surface area contributed by atoms with Gasteiger partial charge in [0.15, 0.2) is 0 Å². The molecule has 0 aliphatic carbocycles. The van der Waals surface area contributed by atoms with Gasteiger partial charge in [-0.1, -0.05) is 39.8 Å². The SMILES string of the molecule is CCOC(=O)[C@@H](NC(=O)c1cnc(-c2cccc(-c3cc(C(=O)NC(CC)CC)n(CC(=O)OC(C)(C)C)n3)c2)o1)C(C)C. The van der Waals surface area contributed by atoms with Crippen LogP contribution in [0.1, 0.15) is 89.3 Å². The summed E-state index contributed by atoms with van der Waals surface area (Å²) in [5, 5.41) is 10.2. The Labute approximate surface area is 257 Å². The number of nitrogens with one attached hydrogen (secondary N) is 2. The molecule has 44 heavy (non-hydrogen) atoms. The van der Waals surface area contributed by atoms with Crippen molar-refractivity contribution in [1.82, 2.24) is 25.4 Å². The first-order valence-corrected chi connectivity index (χ1v) is 14.9. The standard InChI is InChI=1S/C32H43N5O7/c1-9-22(10-2)34-28(39)24-16-23(36-37(24)18-26(38)44-32(6,7)8)20-13-12-14-21(15-20)30-33-17-25(43-30)29(40)35-27(19(4)5)31(41)42-11-3/h12-17,19,22,27H,9-11,18H2,1-8H3,(H,34,39)(H,35,40)/t27-/m0/s1. The molecule has 2 heterocycles. The molecule has 0 saturated heterocycles. The second-order valence-corrected chi connectivity index (χ2v) is 11.7. The van der Waals surface area contributed by atoms with E-state index < -0.39 is 29.5 Å². The first kappa shape index (κ1) is 34.0. The van der Waals surface area contributed by atoms with Crippen molar-refractivity contribution in [3.8, 4) is 22.7 Å². The number of hydrogen-bond donors (Lipinski definition) is 2. The van der Waals surface area contributed by atoms with Gasteiger partial charge in [0, 0.05) is 17.2 Å². The van der Waals surface area contributed by atoms with Gasteiger partial charge in [0.1, 0.15) is 23.9 Å². The van der Waals surface area contributed by atoms with Crippen LogP contribution >= 0.6 is 0 Å². The van der Waals surface area contributed by atoms with Crippen molar-refractivity contribution >= 4 is 23.8 Å². The van der Waals surface area contributed by atoms with Crippen molar-refractivity contribution in [2.24, 2.45) is 5.92 Å². The van der Waals surface area contributed by atoms with E-state index in [9.17, 15) is 19.2 Å². The van der Waals surface area contributed by atoms with Crippen molar-refractivity contribution in [3.63, 3.8) is 0 Å². The largest absolute Gasteiger partial charge is 0.464 e.